The van der Waals surface area contributed by atoms with Crippen LogP contribution in [0.4, 0.5) is 4.39 Å². The lowest BCUT2D eigenvalue weighted by Crippen LogP contribution is -2.42. The highest BCUT2D eigenvalue weighted by molar-refractivity contribution is 5.85. The molecular formula is C20H24ClFN2O2. The molecule has 4 rings (SSSR count). The Bertz CT molecular complexity index is 750. The number of nitrogens with one attached hydrogen (secondary N) is 1. The average molecular weight is 379 g/mol. The molecule has 1 amide bonds. The van der Waals surface area contributed by atoms with Gasteiger partial charge >= 0.3 is 0 Å². The number of fused-ring (bicyclic) bond motifs is 2. The van der Waals surface area contributed by atoms with Crippen LogP contribution in [0.2, 0.25) is 0 Å². The molecule has 0 saturated carbocycles. The molecule has 2 atom stereocenters. The van der Waals surface area contributed by atoms with Crippen molar-refractivity contribution >= 4 is 18.3 Å². The summed E-state index contributed by atoms with van der Waals surface area (Å²) in [4.78, 5) is 14.8. The molecule has 6 heteroatoms. The molecule has 3 heterocycles. The van der Waals surface area contributed by atoms with Crippen molar-refractivity contribution in [2.75, 3.05) is 13.1 Å². The number of hydrogen-bond acceptors (Lipinski definition) is 3. The molecular weight excluding hydrogens is 355 g/mol. The van der Waals surface area contributed by atoms with Gasteiger partial charge in [-0.25, -0.2) is 4.39 Å². The van der Waals surface area contributed by atoms with E-state index in [1.54, 1.807) is 24.3 Å². The first kappa shape index (κ1) is 18.9. The molecule has 1 aromatic carbocycles. The molecule has 1 N–H and O–H groups in total. The van der Waals surface area contributed by atoms with Crippen molar-refractivity contribution in [3.8, 4) is 11.3 Å². The van der Waals surface area contributed by atoms with E-state index in [0.29, 0.717) is 36.2 Å². The van der Waals surface area contributed by atoms with Crippen LogP contribution in [0, 0.1) is 5.82 Å². The first-order valence-corrected chi connectivity index (χ1v) is 9.08. The highest BCUT2D eigenvalue weighted by atomic mass is 35.5. The molecule has 2 bridgehead atoms. The summed E-state index contributed by atoms with van der Waals surface area (Å²) in [5.74, 6) is 1.15. The third-order valence-corrected chi connectivity index (χ3v) is 5.33. The smallest absolute Gasteiger partial charge is 0.223 e. The van der Waals surface area contributed by atoms with Crippen molar-refractivity contribution in [3.63, 3.8) is 0 Å². The Hall–Kier alpha value is -1.85. The molecule has 2 aliphatic heterocycles. The molecule has 2 aliphatic rings. The van der Waals surface area contributed by atoms with E-state index >= 15 is 0 Å². The lowest BCUT2D eigenvalue weighted by Gasteiger charge is -2.27. The van der Waals surface area contributed by atoms with Crippen molar-refractivity contribution in [2.24, 2.45) is 0 Å². The zero-order valence-corrected chi connectivity index (χ0v) is 15.4. The fraction of sp³-hybridized carbons (Fsp3) is 0.450. The summed E-state index contributed by atoms with van der Waals surface area (Å²) >= 11 is 0. The third-order valence-electron chi connectivity index (χ3n) is 5.33. The maximum Gasteiger partial charge on any atom is 0.223 e. The van der Waals surface area contributed by atoms with Crippen molar-refractivity contribution in [1.29, 1.82) is 0 Å². The molecule has 2 saturated heterocycles. The van der Waals surface area contributed by atoms with Crippen LogP contribution < -0.4 is 5.32 Å². The van der Waals surface area contributed by atoms with Gasteiger partial charge in [-0.3, -0.25) is 4.79 Å². The standard InChI is InChI=1S/C20H23FN2O2.ClH/c21-18-4-2-1-3-17(18)19-9-7-16(25-19)8-10-20(24)23-14-5-6-15(23)13-22-12-11-14;/h1-4,7,9,14-15,22H,5-6,8,10-13H2;1H. The fourth-order valence-electron chi connectivity index (χ4n) is 4.07. The van der Waals surface area contributed by atoms with Gasteiger partial charge in [-0.1, -0.05) is 12.1 Å². The molecule has 26 heavy (non-hydrogen) atoms. The predicted octanol–water partition coefficient (Wildman–Crippen LogP) is 3.79. The molecule has 0 radical (unpaired) electrons. The van der Waals surface area contributed by atoms with Crippen LogP contribution in [0.5, 0.6) is 0 Å². The van der Waals surface area contributed by atoms with E-state index in [9.17, 15) is 9.18 Å². The van der Waals surface area contributed by atoms with E-state index in [4.69, 9.17) is 4.42 Å². The fourth-order valence-corrected chi connectivity index (χ4v) is 4.07. The minimum atomic E-state index is -0.298. The third kappa shape index (κ3) is 3.79. The number of carbonyl (C=O) groups excluding carboxylic acids is 1. The van der Waals surface area contributed by atoms with Crippen LogP contribution in [0.25, 0.3) is 11.3 Å². The zero-order chi connectivity index (χ0) is 17.2. The second kappa shape index (κ2) is 8.23. The van der Waals surface area contributed by atoms with Crippen LogP contribution in [0.1, 0.15) is 31.4 Å². The lowest BCUT2D eigenvalue weighted by molar-refractivity contribution is -0.133. The molecule has 1 aromatic heterocycles. The number of hydrogen-bond donors (Lipinski definition) is 1. The molecule has 0 aliphatic carbocycles. The van der Waals surface area contributed by atoms with Crippen LogP contribution in [-0.2, 0) is 11.2 Å². The van der Waals surface area contributed by atoms with E-state index in [1.807, 2.05) is 6.07 Å². The summed E-state index contributed by atoms with van der Waals surface area (Å²) in [6.07, 6.45) is 4.26. The van der Waals surface area contributed by atoms with Gasteiger partial charge in [0.05, 0.1) is 5.56 Å². The monoisotopic (exact) mass is 378 g/mol. The topological polar surface area (TPSA) is 45.5 Å². The highest BCUT2D eigenvalue weighted by Crippen LogP contribution is 2.29. The van der Waals surface area contributed by atoms with Gasteiger partial charge in [0.1, 0.15) is 17.3 Å². The van der Waals surface area contributed by atoms with Gasteiger partial charge in [0.25, 0.3) is 0 Å². The number of rotatable bonds is 4. The molecule has 140 valence electrons. The summed E-state index contributed by atoms with van der Waals surface area (Å²) in [5.41, 5.74) is 0.455. The summed E-state index contributed by atoms with van der Waals surface area (Å²) in [6, 6.07) is 10.9. The summed E-state index contributed by atoms with van der Waals surface area (Å²) in [7, 11) is 0. The largest absolute Gasteiger partial charge is 0.461 e. The maximum atomic E-state index is 13.8. The number of amides is 1. The molecule has 0 spiro atoms. The van der Waals surface area contributed by atoms with Gasteiger partial charge in [-0.15, -0.1) is 12.4 Å². The van der Waals surface area contributed by atoms with Gasteiger partial charge in [0, 0.05) is 31.5 Å². The van der Waals surface area contributed by atoms with Crippen LogP contribution in [0.3, 0.4) is 0 Å². The summed E-state index contributed by atoms with van der Waals surface area (Å²) < 4.78 is 19.6. The number of aryl methyl sites for hydroxylation is 1. The summed E-state index contributed by atoms with van der Waals surface area (Å²) in [6.45, 7) is 1.90. The normalized spacial score (nSPS) is 22.0. The van der Waals surface area contributed by atoms with E-state index in [2.05, 4.69) is 10.2 Å². The Morgan fingerprint density at radius 3 is 2.81 bits per heavy atom. The number of nitrogens with zero attached hydrogens (tertiary/aromatic N) is 1. The molecule has 4 nitrogen and oxygen atoms in total. The molecule has 2 aromatic rings. The van der Waals surface area contributed by atoms with E-state index in [0.717, 1.165) is 38.1 Å². The Balaban J connectivity index is 0.00000196. The number of benzene rings is 1. The number of carbonyl (C=O) groups is 1. The second-order valence-corrected chi connectivity index (χ2v) is 6.92. The van der Waals surface area contributed by atoms with Gasteiger partial charge < -0.3 is 14.6 Å². The first-order valence-electron chi connectivity index (χ1n) is 9.08. The van der Waals surface area contributed by atoms with E-state index < -0.39 is 0 Å². The Morgan fingerprint density at radius 2 is 1.96 bits per heavy atom. The average Bonchev–Trinajstić information content (AvgIpc) is 3.16. The second-order valence-electron chi connectivity index (χ2n) is 6.92. The summed E-state index contributed by atoms with van der Waals surface area (Å²) in [5, 5.41) is 3.42. The minimum absolute atomic E-state index is 0. The Morgan fingerprint density at radius 1 is 1.15 bits per heavy atom. The van der Waals surface area contributed by atoms with E-state index in [1.165, 1.54) is 6.07 Å². The zero-order valence-electron chi connectivity index (χ0n) is 14.6. The van der Waals surface area contributed by atoms with Crippen molar-refractivity contribution in [3.05, 3.63) is 48.0 Å². The first-order chi connectivity index (χ1) is 12.2. The van der Waals surface area contributed by atoms with Crippen LogP contribution in [-0.4, -0.2) is 36.0 Å². The SMILES string of the molecule is Cl.O=C(CCc1ccc(-c2ccccc2F)o1)N1C2CCNCC1CC2. The van der Waals surface area contributed by atoms with Gasteiger partial charge in [0.15, 0.2) is 0 Å². The van der Waals surface area contributed by atoms with Gasteiger partial charge in [-0.2, -0.15) is 0 Å². The van der Waals surface area contributed by atoms with Crippen LogP contribution >= 0.6 is 12.4 Å². The minimum Gasteiger partial charge on any atom is -0.461 e. The number of halogens is 2. The Kier molecular flexibility index (Phi) is 5.99. The number of furan rings is 1. The maximum absolute atomic E-state index is 13.8. The Labute approximate surface area is 159 Å². The van der Waals surface area contributed by atoms with Gasteiger partial charge in [-0.05, 0) is 50.1 Å². The molecule has 2 fully saturated rings. The lowest BCUT2D eigenvalue weighted by atomic mass is 10.1. The van der Waals surface area contributed by atoms with Crippen molar-refractivity contribution in [1.82, 2.24) is 10.2 Å². The quantitative estimate of drug-likeness (QED) is 0.880. The van der Waals surface area contributed by atoms with Crippen molar-refractivity contribution < 1.29 is 13.6 Å². The van der Waals surface area contributed by atoms with Crippen molar-refractivity contribution in [2.45, 2.75) is 44.2 Å². The highest BCUT2D eigenvalue weighted by Gasteiger charge is 2.37. The molecule has 2 unspecified atom stereocenters. The van der Waals surface area contributed by atoms with Crippen LogP contribution in [0.15, 0.2) is 40.8 Å². The van der Waals surface area contributed by atoms with E-state index in [-0.39, 0.29) is 24.1 Å². The predicted molar refractivity (Wildman–Crippen MR) is 101 cm³/mol. The van der Waals surface area contributed by atoms with Gasteiger partial charge in [0.2, 0.25) is 5.91 Å².